The molecule has 3 heterocycles. The molecule has 180 valence electrons. The molecule has 0 saturated carbocycles. The molecule has 1 saturated heterocycles. The maximum absolute atomic E-state index is 13.1. The van der Waals surface area contributed by atoms with E-state index in [1.165, 1.54) is 35.3 Å². The second-order valence-corrected chi connectivity index (χ2v) is 9.10. The largest absolute Gasteiger partial charge is 0.416 e. The number of benzene rings is 1. The molecular weight excluding hydrogens is 473 g/mol. The lowest BCUT2D eigenvalue weighted by molar-refractivity contribution is -0.138. The zero-order valence-corrected chi connectivity index (χ0v) is 18.9. The topological polar surface area (TPSA) is 108 Å². The fourth-order valence-corrected chi connectivity index (χ4v) is 5.06. The number of hydrogen-bond acceptors (Lipinski definition) is 5. The Morgan fingerprint density at radius 1 is 1.26 bits per heavy atom. The number of nitrogens with zero attached hydrogens (tertiary/aromatic N) is 1. The molecule has 2 aromatic rings. The average Bonchev–Trinajstić information content (AvgIpc) is 3.24. The summed E-state index contributed by atoms with van der Waals surface area (Å²) in [5.41, 5.74) is 0.354. The molecule has 0 bridgehead atoms. The first-order valence-corrected chi connectivity index (χ1v) is 11.4. The summed E-state index contributed by atoms with van der Waals surface area (Å²) in [6.45, 7) is 1.57. The van der Waals surface area contributed by atoms with Gasteiger partial charge in [-0.15, -0.1) is 11.3 Å². The number of aryl methyl sites for hydroxylation is 1. The number of carbonyl (C=O) groups excluding carboxylic acids is 4. The van der Waals surface area contributed by atoms with Gasteiger partial charge in [-0.05, 0) is 43.0 Å². The Morgan fingerprint density at radius 3 is 2.76 bits per heavy atom. The minimum atomic E-state index is -4.53. The second kappa shape index (κ2) is 9.09. The lowest BCUT2D eigenvalue weighted by Crippen LogP contribution is -2.47. The van der Waals surface area contributed by atoms with Crippen molar-refractivity contribution in [2.75, 3.05) is 5.32 Å². The molecule has 8 nitrogen and oxygen atoms in total. The van der Waals surface area contributed by atoms with Crippen molar-refractivity contribution in [3.63, 3.8) is 0 Å². The van der Waals surface area contributed by atoms with Crippen molar-refractivity contribution in [3.05, 3.63) is 50.7 Å². The Labute approximate surface area is 196 Å². The van der Waals surface area contributed by atoms with E-state index in [4.69, 9.17) is 0 Å². The molecule has 34 heavy (non-hydrogen) atoms. The molecule has 0 spiro atoms. The highest BCUT2D eigenvalue weighted by Gasteiger charge is 2.39. The Kier molecular flexibility index (Phi) is 6.34. The van der Waals surface area contributed by atoms with Crippen molar-refractivity contribution in [1.29, 1.82) is 0 Å². The van der Waals surface area contributed by atoms with Gasteiger partial charge in [0.1, 0.15) is 6.04 Å². The molecule has 1 atom stereocenters. The summed E-state index contributed by atoms with van der Waals surface area (Å²) in [5.74, 6) is -1.17. The normalized spacial score (nSPS) is 18.4. The first-order chi connectivity index (χ1) is 16.0. The van der Waals surface area contributed by atoms with E-state index in [1.807, 2.05) is 0 Å². The quantitative estimate of drug-likeness (QED) is 0.565. The molecule has 0 aliphatic carbocycles. The van der Waals surface area contributed by atoms with Crippen LogP contribution in [-0.4, -0.2) is 34.7 Å². The van der Waals surface area contributed by atoms with Gasteiger partial charge in [0.15, 0.2) is 0 Å². The van der Waals surface area contributed by atoms with E-state index < -0.39 is 29.7 Å². The molecule has 3 N–H and O–H groups in total. The lowest BCUT2D eigenvalue weighted by atomic mass is 10.1. The van der Waals surface area contributed by atoms with Gasteiger partial charge in [-0.25, -0.2) is 4.79 Å². The van der Waals surface area contributed by atoms with Crippen molar-refractivity contribution >= 4 is 40.8 Å². The molecule has 2 aliphatic heterocycles. The van der Waals surface area contributed by atoms with Crippen LogP contribution in [0.5, 0.6) is 0 Å². The zero-order valence-electron chi connectivity index (χ0n) is 18.0. The van der Waals surface area contributed by atoms with E-state index in [0.29, 0.717) is 28.8 Å². The van der Waals surface area contributed by atoms with Gasteiger partial charge < -0.3 is 15.5 Å². The summed E-state index contributed by atoms with van der Waals surface area (Å²) in [4.78, 5) is 51.2. The molecule has 1 aromatic heterocycles. The predicted molar refractivity (Wildman–Crippen MR) is 117 cm³/mol. The number of rotatable bonds is 4. The van der Waals surface area contributed by atoms with Crippen LogP contribution in [-0.2, 0) is 28.9 Å². The molecule has 0 radical (unpaired) electrons. The number of urea groups is 1. The van der Waals surface area contributed by atoms with Crippen LogP contribution in [0.3, 0.4) is 0 Å². The molecule has 5 amide bonds. The van der Waals surface area contributed by atoms with E-state index in [0.717, 1.165) is 6.07 Å². The van der Waals surface area contributed by atoms with Crippen LogP contribution in [0.25, 0.3) is 0 Å². The smallest absolute Gasteiger partial charge is 0.333 e. The van der Waals surface area contributed by atoms with Crippen molar-refractivity contribution in [2.45, 2.75) is 51.5 Å². The van der Waals surface area contributed by atoms with Gasteiger partial charge in [-0.2, -0.15) is 13.2 Å². The van der Waals surface area contributed by atoms with Crippen molar-refractivity contribution < 1.29 is 32.3 Å². The maximum Gasteiger partial charge on any atom is 0.416 e. The van der Waals surface area contributed by atoms with Crippen molar-refractivity contribution in [3.8, 4) is 0 Å². The van der Waals surface area contributed by atoms with Gasteiger partial charge in [-0.3, -0.25) is 19.7 Å². The van der Waals surface area contributed by atoms with Crippen LogP contribution >= 0.6 is 11.3 Å². The van der Waals surface area contributed by atoms with Crippen molar-refractivity contribution in [2.24, 2.45) is 0 Å². The van der Waals surface area contributed by atoms with Gasteiger partial charge in [0, 0.05) is 28.9 Å². The fraction of sp³-hybridized carbons (Fsp3) is 0.364. The van der Waals surface area contributed by atoms with Gasteiger partial charge in [-0.1, -0.05) is 6.07 Å². The highest BCUT2D eigenvalue weighted by atomic mass is 32.1. The van der Waals surface area contributed by atoms with E-state index >= 15 is 0 Å². The number of nitrogens with one attached hydrogen (secondary N) is 3. The highest BCUT2D eigenvalue weighted by Crippen LogP contribution is 2.35. The van der Waals surface area contributed by atoms with E-state index in [2.05, 4.69) is 16.0 Å². The summed E-state index contributed by atoms with van der Waals surface area (Å²) in [6.07, 6.45) is -3.44. The van der Waals surface area contributed by atoms with E-state index in [1.54, 1.807) is 5.38 Å². The molecular formula is C22H21F3N4O4S. The Bertz CT molecular complexity index is 1180. The number of alkyl halides is 3. The molecule has 4 rings (SSSR count). The van der Waals surface area contributed by atoms with Crippen LogP contribution in [0.15, 0.2) is 23.6 Å². The number of hydrogen-bond donors (Lipinski definition) is 3. The zero-order chi connectivity index (χ0) is 24.6. The number of amides is 5. The molecule has 12 heteroatoms. The second-order valence-electron chi connectivity index (χ2n) is 8.14. The summed E-state index contributed by atoms with van der Waals surface area (Å²) in [7, 11) is 0. The third-order valence-corrected chi connectivity index (χ3v) is 6.86. The summed E-state index contributed by atoms with van der Waals surface area (Å²) >= 11 is 1.27. The minimum Gasteiger partial charge on any atom is -0.333 e. The highest BCUT2D eigenvalue weighted by molar-refractivity contribution is 7.10. The summed E-state index contributed by atoms with van der Waals surface area (Å²) in [6, 6.07) is 2.09. The predicted octanol–water partition coefficient (Wildman–Crippen LogP) is 3.55. The van der Waals surface area contributed by atoms with Crippen molar-refractivity contribution in [1.82, 2.24) is 15.5 Å². The number of halogens is 3. The van der Waals surface area contributed by atoms with Crippen LogP contribution in [0.4, 0.5) is 23.7 Å². The van der Waals surface area contributed by atoms with E-state index in [-0.39, 0.29) is 42.6 Å². The minimum absolute atomic E-state index is 0.00195. The van der Waals surface area contributed by atoms with E-state index in [9.17, 15) is 32.3 Å². The first-order valence-electron chi connectivity index (χ1n) is 10.5. The van der Waals surface area contributed by atoms with Gasteiger partial charge in [0.25, 0.3) is 5.91 Å². The summed E-state index contributed by atoms with van der Waals surface area (Å²) < 4.78 is 39.3. The monoisotopic (exact) mass is 494 g/mol. The van der Waals surface area contributed by atoms with Gasteiger partial charge in [0.05, 0.1) is 17.7 Å². The molecule has 1 fully saturated rings. The van der Waals surface area contributed by atoms with Crippen LogP contribution in [0, 0.1) is 6.92 Å². The standard InChI is InChI=1S/C22H21F3N4O4S/c1-11-5-6-12(7-15(11)22(23,24)25)27-21(33)26-8-17-13-9-29(20(32)14(13)10-34-17)16-3-2-4-18(30)28-19(16)31/h5-7,10,16H,2-4,8-9H2,1H3,(H2,26,27,33)(H,28,30,31). The number of anilines is 1. The maximum atomic E-state index is 13.1. The summed E-state index contributed by atoms with van der Waals surface area (Å²) in [5, 5.41) is 8.94. The number of fused-ring (bicyclic) bond motifs is 1. The van der Waals surface area contributed by atoms with Crippen LogP contribution < -0.4 is 16.0 Å². The number of carbonyl (C=O) groups is 4. The third-order valence-electron chi connectivity index (χ3n) is 5.83. The number of imide groups is 1. The van der Waals surface area contributed by atoms with Gasteiger partial charge >= 0.3 is 12.2 Å². The molecule has 2 aliphatic rings. The molecule has 1 aromatic carbocycles. The Morgan fingerprint density at radius 2 is 2.03 bits per heavy atom. The Balaban J connectivity index is 1.40. The average molecular weight is 494 g/mol. The third kappa shape index (κ3) is 4.76. The lowest BCUT2D eigenvalue weighted by Gasteiger charge is -2.25. The Hall–Kier alpha value is -3.41. The SMILES string of the molecule is Cc1ccc(NC(=O)NCc2scc3c2CN(C2CCCC(=O)NC2=O)C3=O)cc1C(F)(F)F. The number of thiophene rings is 1. The molecule has 1 unspecified atom stereocenters. The first kappa shape index (κ1) is 23.7. The van der Waals surface area contributed by atoms with Crippen LogP contribution in [0.1, 0.15) is 51.2 Å². The van der Waals surface area contributed by atoms with Crippen LogP contribution in [0.2, 0.25) is 0 Å². The fourth-order valence-electron chi connectivity index (χ4n) is 4.08. The van der Waals surface area contributed by atoms with Gasteiger partial charge in [0.2, 0.25) is 11.8 Å².